The van der Waals surface area contributed by atoms with Crippen LogP contribution in [0.15, 0.2) is 45.9 Å². The maximum atomic E-state index is 12.1. The summed E-state index contributed by atoms with van der Waals surface area (Å²) in [6, 6.07) is 7.37. The molecular weight excluding hydrogens is 596 g/mol. The minimum absolute atomic E-state index is 0.0521. The van der Waals surface area contributed by atoms with E-state index in [9.17, 15) is 18.0 Å². The summed E-state index contributed by atoms with van der Waals surface area (Å²) in [7, 11) is 0. The number of esters is 1. The van der Waals surface area contributed by atoms with Crippen LogP contribution in [-0.2, 0) is 4.74 Å². The number of rotatable bonds is 9. The van der Waals surface area contributed by atoms with Crippen LogP contribution in [0.5, 0.6) is 17.2 Å². The number of carbonyl (C=O) groups is 1. The first kappa shape index (κ1) is 25.6. The van der Waals surface area contributed by atoms with Gasteiger partial charge in [0.05, 0.1) is 19.0 Å². The molecule has 0 N–H and O–H groups in total. The van der Waals surface area contributed by atoms with Crippen LogP contribution in [0.3, 0.4) is 0 Å². The van der Waals surface area contributed by atoms with Crippen LogP contribution >= 0.6 is 55.1 Å². The lowest BCUT2D eigenvalue weighted by atomic mass is 10.2. The van der Waals surface area contributed by atoms with Gasteiger partial charge in [0.15, 0.2) is 5.75 Å². The molecule has 12 heteroatoms. The first-order chi connectivity index (χ1) is 14.5. The molecule has 5 nitrogen and oxygen atoms in total. The Kier molecular flexibility index (Phi) is 9.80. The Balaban J connectivity index is 1.84. The normalized spacial score (nSPS) is 10.9. The number of hydrogen-bond donors (Lipinski definition) is 0. The highest BCUT2D eigenvalue weighted by atomic mass is 79.9. The van der Waals surface area contributed by atoms with Gasteiger partial charge in [-0.1, -0.05) is 23.2 Å². The van der Waals surface area contributed by atoms with E-state index >= 15 is 0 Å². The fourth-order valence-electron chi connectivity index (χ4n) is 2.11. The Morgan fingerprint density at radius 3 is 2.13 bits per heavy atom. The molecule has 0 aliphatic rings. The third kappa shape index (κ3) is 9.18. The summed E-state index contributed by atoms with van der Waals surface area (Å²) in [5, 5.41) is 0.409. The van der Waals surface area contributed by atoms with Gasteiger partial charge in [-0.3, -0.25) is 0 Å². The molecule has 168 valence electrons. The minimum Gasteiger partial charge on any atom is -0.489 e. The Bertz CT molecular complexity index is 910. The minimum atomic E-state index is -4.81. The summed E-state index contributed by atoms with van der Waals surface area (Å²) in [6.07, 6.45) is -3.08. The molecular formula is C19H13Br2Cl2F3O5. The number of hydrogen-bond acceptors (Lipinski definition) is 5. The van der Waals surface area contributed by atoms with Crippen LogP contribution in [0.1, 0.15) is 10.4 Å². The Morgan fingerprint density at radius 2 is 1.58 bits per heavy atom. The molecule has 0 amide bonds. The zero-order valence-electron chi connectivity index (χ0n) is 15.3. The fraction of sp³-hybridized carbons (Fsp3) is 0.211. The SMILES string of the molecule is O=C(OCCOc1c(Cl)cc(OCC=C(Br)Br)cc1Cl)c1ccc(OC(F)(F)F)cc1. The van der Waals surface area contributed by atoms with Crippen molar-refractivity contribution < 1.29 is 36.9 Å². The van der Waals surface area contributed by atoms with E-state index in [-0.39, 0.29) is 41.2 Å². The fourth-order valence-corrected chi connectivity index (χ4v) is 2.95. The second kappa shape index (κ2) is 11.8. The Morgan fingerprint density at radius 1 is 0.968 bits per heavy atom. The molecule has 0 aliphatic carbocycles. The van der Waals surface area contributed by atoms with Crippen molar-refractivity contribution >= 4 is 61.0 Å². The molecule has 0 saturated heterocycles. The van der Waals surface area contributed by atoms with Crippen LogP contribution < -0.4 is 14.2 Å². The van der Waals surface area contributed by atoms with Gasteiger partial charge in [0.25, 0.3) is 0 Å². The summed E-state index contributed by atoms with van der Waals surface area (Å²) in [5.41, 5.74) is 0.0521. The number of benzene rings is 2. The molecule has 2 aromatic carbocycles. The van der Waals surface area contributed by atoms with Crippen molar-refractivity contribution in [1.29, 1.82) is 0 Å². The molecule has 0 heterocycles. The maximum Gasteiger partial charge on any atom is 0.573 e. The molecule has 0 unspecified atom stereocenters. The predicted octanol–water partition coefficient (Wildman–Crippen LogP) is 7.14. The highest BCUT2D eigenvalue weighted by Crippen LogP contribution is 2.37. The summed E-state index contributed by atoms with van der Waals surface area (Å²) in [5.74, 6) is -0.559. The molecule has 0 saturated carbocycles. The van der Waals surface area contributed by atoms with Crippen LogP contribution in [0.25, 0.3) is 0 Å². The molecule has 31 heavy (non-hydrogen) atoms. The average Bonchev–Trinajstić information content (AvgIpc) is 2.65. The van der Waals surface area contributed by atoms with Crippen LogP contribution in [0.4, 0.5) is 13.2 Å². The van der Waals surface area contributed by atoms with Crippen molar-refractivity contribution in [2.75, 3.05) is 19.8 Å². The highest BCUT2D eigenvalue weighted by molar-refractivity contribution is 9.28. The van der Waals surface area contributed by atoms with Gasteiger partial charge in [0, 0.05) is 12.1 Å². The second-order valence-corrected chi connectivity index (χ2v) is 9.16. The standard InChI is InChI=1S/C19H13Br2Cl2F3O5/c20-16(21)5-6-28-13-9-14(22)17(15(23)10-13)29-7-8-30-18(27)11-1-3-12(4-2-11)31-19(24,25)26/h1-5,9-10H,6-8H2. The average molecular weight is 609 g/mol. The third-order valence-corrected chi connectivity index (χ3v) is 4.55. The summed E-state index contributed by atoms with van der Waals surface area (Å²) >= 11 is 18.7. The van der Waals surface area contributed by atoms with Crippen molar-refractivity contribution in [3.8, 4) is 17.2 Å². The lowest BCUT2D eigenvalue weighted by Crippen LogP contribution is -2.17. The molecule has 0 aromatic heterocycles. The van der Waals surface area contributed by atoms with Gasteiger partial charge < -0.3 is 18.9 Å². The summed E-state index contributed by atoms with van der Waals surface area (Å²) < 4.78 is 56.9. The first-order valence-electron chi connectivity index (χ1n) is 8.34. The van der Waals surface area contributed by atoms with Crippen molar-refractivity contribution in [2.24, 2.45) is 0 Å². The van der Waals surface area contributed by atoms with Gasteiger partial charge in [-0.15, -0.1) is 13.2 Å². The molecule has 0 spiro atoms. The molecule has 0 bridgehead atoms. The largest absolute Gasteiger partial charge is 0.573 e. The van der Waals surface area contributed by atoms with E-state index in [1.165, 1.54) is 12.1 Å². The lowest BCUT2D eigenvalue weighted by molar-refractivity contribution is -0.274. The smallest absolute Gasteiger partial charge is 0.489 e. The molecule has 0 aliphatic heterocycles. The molecule has 0 atom stereocenters. The van der Waals surface area contributed by atoms with Gasteiger partial charge in [-0.2, -0.15) is 0 Å². The van der Waals surface area contributed by atoms with E-state index in [0.717, 1.165) is 27.7 Å². The number of carbonyl (C=O) groups excluding carboxylic acids is 1. The van der Waals surface area contributed by atoms with Crippen molar-refractivity contribution in [1.82, 2.24) is 0 Å². The maximum absolute atomic E-state index is 12.1. The summed E-state index contributed by atoms with van der Waals surface area (Å²) in [6.45, 7) is 0.0759. The Labute approximate surface area is 202 Å². The van der Waals surface area contributed by atoms with Gasteiger partial charge >= 0.3 is 12.3 Å². The van der Waals surface area contributed by atoms with Crippen LogP contribution in [-0.4, -0.2) is 32.2 Å². The monoisotopic (exact) mass is 606 g/mol. The zero-order valence-corrected chi connectivity index (χ0v) is 20.0. The second-order valence-electron chi connectivity index (χ2n) is 5.58. The van der Waals surface area contributed by atoms with Gasteiger partial charge in [-0.25, -0.2) is 4.79 Å². The molecule has 0 radical (unpaired) electrons. The van der Waals surface area contributed by atoms with E-state index < -0.39 is 18.1 Å². The topological polar surface area (TPSA) is 54.0 Å². The first-order valence-corrected chi connectivity index (χ1v) is 10.7. The van der Waals surface area contributed by atoms with Gasteiger partial charge in [-0.05, 0) is 62.2 Å². The van der Waals surface area contributed by atoms with E-state index in [1.54, 1.807) is 6.08 Å². The van der Waals surface area contributed by atoms with E-state index in [2.05, 4.69) is 36.6 Å². The van der Waals surface area contributed by atoms with Crippen molar-refractivity contribution in [3.63, 3.8) is 0 Å². The van der Waals surface area contributed by atoms with Crippen LogP contribution in [0, 0.1) is 0 Å². The molecule has 2 rings (SSSR count). The predicted molar refractivity (Wildman–Crippen MR) is 117 cm³/mol. The number of ether oxygens (including phenoxy) is 4. The third-order valence-electron chi connectivity index (χ3n) is 3.35. The number of alkyl halides is 3. The zero-order chi connectivity index (χ0) is 23.0. The van der Waals surface area contributed by atoms with Crippen molar-refractivity contribution in [2.45, 2.75) is 6.36 Å². The van der Waals surface area contributed by atoms with Crippen LogP contribution in [0.2, 0.25) is 10.0 Å². The lowest BCUT2D eigenvalue weighted by Gasteiger charge is -2.12. The number of halogens is 7. The highest BCUT2D eigenvalue weighted by Gasteiger charge is 2.31. The van der Waals surface area contributed by atoms with E-state index in [0.29, 0.717) is 5.75 Å². The summed E-state index contributed by atoms with van der Waals surface area (Å²) in [4.78, 5) is 12.0. The Hall–Kier alpha value is -1.62. The molecule has 0 fully saturated rings. The van der Waals surface area contributed by atoms with Crippen molar-refractivity contribution in [3.05, 3.63) is 61.5 Å². The quantitative estimate of drug-likeness (QED) is 0.224. The van der Waals surface area contributed by atoms with E-state index in [1.807, 2.05) is 0 Å². The molecule has 2 aromatic rings. The van der Waals surface area contributed by atoms with Gasteiger partial charge in [0.1, 0.15) is 31.3 Å². The van der Waals surface area contributed by atoms with Gasteiger partial charge in [0.2, 0.25) is 0 Å². The van der Waals surface area contributed by atoms with E-state index in [4.69, 9.17) is 37.4 Å².